The number of aryl methyl sites for hydroxylation is 1. The topological polar surface area (TPSA) is 50.2 Å². The van der Waals surface area contributed by atoms with Gasteiger partial charge in [-0.3, -0.25) is 9.36 Å². The molecule has 0 saturated carbocycles. The number of nitrogens with zero attached hydrogens (tertiary/aromatic N) is 3. The lowest BCUT2D eigenvalue weighted by Crippen LogP contribution is -2.46. The standard InChI is InChI=1S/C21H24N4O/c1-15-23-19-7-3-4-8-20(19)25(15)17-11-9-16(10-12-17)21(26)24(2)18-6-5-13-22-14-18/h3-4,7-12,18,22H,5-6,13-14H2,1-2H3/t18-/m1/s1. The lowest BCUT2D eigenvalue weighted by molar-refractivity contribution is 0.0708. The Hall–Kier alpha value is -2.66. The zero-order valence-corrected chi connectivity index (χ0v) is 15.3. The van der Waals surface area contributed by atoms with E-state index in [0.717, 1.165) is 54.0 Å². The van der Waals surface area contributed by atoms with Crippen LogP contribution in [-0.2, 0) is 0 Å². The van der Waals surface area contributed by atoms with E-state index >= 15 is 0 Å². The predicted octanol–water partition coefficient (Wildman–Crippen LogP) is 3.16. The van der Waals surface area contributed by atoms with Gasteiger partial charge in [0.1, 0.15) is 5.82 Å². The molecule has 1 aliphatic heterocycles. The maximum Gasteiger partial charge on any atom is 0.253 e. The second-order valence-electron chi connectivity index (χ2n) is 6.95. The van der Waals surface area contributed by atoms with Gasteiger partial charge < -0.3 is 10.2 Å². The summed E-state index contributed by atoms with van der Waals surface area (Å²) in [5.74, 6) is 1.02. The first-order chi connectivity index (χ1) is 12.6. The lowest BCUT2D eigenvalue weighted by atomic mass is 10.1. The monoisotopic (exact) mass is 348 g/mol. The number of likely N-dealkylation sites (N-methyl/N-ethyl adjacent to an activating group) is 1. The van der Waals surface area contributed by atoms with Crippen LogP contribution in [0.25, 0.3) is 16.7 Å². The average Bonchev–Trinajstić information content (AvgIpc) is 3.03. The van der Waals surface area contributed by atoms with Crippen molar-refractivity contribution < 1.29 is 4.79 Å². The van der Waals surface area contributed by atoms with Crippen molar-refractivity contribution in [3.8, 4) is 5.69 Å². The molecule has 0 radical (unpaired) electrons. The largest absolute Gasteiger partial charge is 0.337 e. The van der Waals surface area contributed by atoms with Gasteiger partial charge in [-0.2, -0.15) is 0 Å². The Bertz CT molecular complexity index is 923. The first kappa shape index (κ1) is 16.8. The van der Waals surface area contributed by atoms with Crippen LogP contribution < -0.4 is 5.32 Å². The summed E-state index contributed by atoms with van der Waals surface area (Å²) in [4.78, 5) is 19.3. The zero-order chi connectivity index (χ0) is 18.1. The zero-order valence-electron chi connectivity index (χ0n) is 15.3. The Balaban J connectivity index is 1.60. The van der Waals surface area contributed by atoms with Crippen molar-refractivity contribution in [1.29, 1.82) is 0 Å². The second-order valence-corrected chi connectivity index (χ2v) is 6.95. The summed E-state index contributed by atoms with van der Waals surface area (Å²) >= 11 is 0. The molecule has 1 aromatic heterocycles. The van der Waals surface area contributed by atoms with Crippen molar-refractivity contribution in [2.45, 2.75) is 25.8 Å². The molecule has 2 aromatic carbocycles. The Kier molecular flexibility index (Phi) is 4.47. The number of para-hydroxylation sites is 2. The molecular weight excluding hydrogens is 324 g/mol. The van der Waals surface area contributed by atoms with Gasteiger partial charge in [0.15, 0.2) is 0 Å². The molecular formula is C21H24N4O. The molecule has 1 fully saturated rings. The number of amides is 1. The molecule has 0 bridgehead atoms. The summed E-state index contributed by atoms with van der Waals surface area (Å²) in [7, 11) is 1.90. The first-order valence-corrected chi connectivity index (χ1v) is 9.17. The number of imidazole rings is 1. The third-order valence-corrected chi connectivity index (χ3v) is 5.24. The smallest absolute Gasteiger partial charge is 0.253 e. The molecule has 134 valence electrons. The van der Waals surface area contributed by atoms with Crippen molar-refractivity contribution in [1.82, 2.24) is 19.8 Å². The number of nitrogens with one attached hydrogen (secondary N) is 1. The summed E-state index contributed by atoms with van der Waals surface area (Å²) in [5, 5.41) is 3.37. The highest BCUT2D eigenvalue weighted by Gasteiger charge is 2.22. The molecule has 0 spiro atoms. The SMILES string of the molecule is Cc1nc2ccccc2n1-c1ccc(C(=O)N(C)[C@@H]2CCCNC2)cc1. The van der Waals surface area contributed by atoms with E-state index in [0.29, 0.717) is 0 Å². The Morgan fingerprint density at radius 2 is 1.96 bits per heavy atom. The summed E-state index contributed by atoms with van der Waals surface area (Å²) < 4.78 is 2.12. The molecule has 3 aromatic rings. The lowest BCUT2D eigenvalue weighted by Gasteiger charge is -2.31. The molecule has 5 heteroatoms. The van der Waals surface area contributed by atoms with E-state index < -0.39 is 0 Å². The third-order valence-electron chi connectivity index (χ3n) is 5.24. The fraction of sp³-hybridized carbons (Fsp3) is 0.333. The van der Waals surface area contributed by atoms with Crippen LogP contribution in [0.2, 0.25) is 0 Å². The van der Waals surface area contributed by atoms with Gasteiger partial charge in [0.05, 0.1) is 11.0 Å². The minimum atomic E-state index is 0.0810. The highest BCUT2D eigenvalue weighted by Crippen LogP contribution is 2.22. The van der Waals surface area contributed by atoms with Crippen LogP contribution in [0, 0.1) is 6.92 Å². The molecule has 5 nitrogen and oxygen atoms in total. The van der Waals surface area contributed by atoms with Gasteiger partial charge in [0.2, 0.25) is 0 Å². The summed E-state index contributed by atoms with van der Waals surface area (Å²) in [6.07, 6.45) is 2.18. The van der Waals surface area contributed by atoms with Gasteiger partial charge in [-0.15, -0.1) is 0 Å². The minimum absolute atomic E-state index is 0.0810. The van der Waals surface area contributed by atoms with Crippen molar-refractivity contribution in [3.05, 3.63) is 59.9 Å². The molecule has 1 N–H and O–H groups in total. The van der Waals surface area contributed by atoms with E-state index in [-0.39, 0.29) is 11.9 Å². The van der Waals surface area contributed by atoms with E-state index in [9.17, 15) is 4.79 Å². The number of hydrogen-bond acceptors (Lipinski definition) is 3. The molecule has 4 rings (SSSR count). The van der Waals surface area contributed by atoms with Gasteiger partial charge in [-0.25, -0.2) is 4.98 Å². The van der Waals surface area contributed by atoms with Crippen molar-refractivity contribution in [2.24, 2.45) is 0 Å². The van der Waals surface area contributed by atoms with Crippen LogP contribution in [0.1, 0.15) is 29.0 Å². The van der Waals surface area contributed by atoms with E-state index in [1.807, 2.05) is 61.3 Å². The van der Waals surface area contributed by atoms with Crippen LogP contribution in [0.15, 0.2) is 48.5 Å². The molecule has 1 amide bonds. The minimum Gasteiger partial charge on any atom is -0.337 e. The quantitative estimate of drug-likeness (QED) is 0.791. The molecule has 1 aliphatic rings. The maximum absolute atomic E-state index is 12.8. The molecule has 0 aliphatic carbocycles. The highest BCUT2D eigenvalue weighted by molar-refractivity contribution is 5.94. The van der Waals surface area contributed by atoms with Gasteiger partial charge >= 0.3 is 0 Å². The molecule has 1 saturated heterocycles. The molecule has 2 heterocycles. The number of carbonyl (C=O) groups excluding carboxylic acids is 1. The van der Waals surface area contributed by atoms with Crippen molar-refractivity contribution in [2.75, 3.05) is 20.1 Å². The van der Waals surface area contributed by atoms with Gasteiger partial charge in [-0.05, 0) is 62.7 Å². The van der Waals surface area contributed by atoms with Crippen LogP contribution in [-0.4, -0.2) is 46.5 Å². The molecule has 26 heavy (non-hydrogen) atoms. The number of hydrogen-bond donors (Lipinski definition) is 1. The fourth-order valence-electron chi connectivity index (χ4n) is 3.76. The predicted molar refractivity (Wildman–Crippen MR) is 104 cm³/mol. The third kappa shape index (κ3) is 2.99. The Morgan fingerprint density at radius 3 is 2.69 bits per heavy atom. The van der Waals surface area contributed by atoms with Gasteiger partial charge in [0.25, 0.3) is 5.91 Å². The number of carbonyl (C=O) groups is 1. The first-order valence-electron chi connectivity index (χ1n) is 9.17. The van der Waals surface area contributed by atoms with Crippen molar-refractivity contribution in [3.63, 3.8) is 0 Å². The van der Waals surface area contributed by atoms with Crippen LogP contribution in [0.3, 0.4) is 0 Å². The van der Waals surface area contributed by atoms with E-state index in [4.69, 9.17) is 0 Å². The normalized spacial score (nSPS) is 17.4. The number of benzene rings is 2. The molecule has 1 atom stereocenters. The van der Waals surface area contributed by atoms with Crippen LogP contribution in [0.5, 0.6) is 0 Å². The summed E-state index contributed by atoms with van der Waals surface area (Å²) in [5.41, 5.74) is 3.81. The number of aromatic nitrogens is 2. The fourth-order valence-corrected chi connectivity index (χ4v) is 3.76. The highest BCUT2D eigenvalue weighted by atomic mass is 16.2. The van der Waals surface area contributed by atoms with E-state index in [2.05, 4.69) is 20.9 Å². The van der Waals surface area contributed by atoms with E-state index in [1.165, 1.54) is 0 Å². The summed E-state index contributed by atoms with van der Waals surface area (Å²) in [6.45, 7) is 3.93. The molecule has 0 unspecified atom stereocenters. The Morgan fingerprint density at radius 1 is 1.19 bits per heavy atom. The number of piperidine rings is 1. The van der Waals surface area contributed by atoms with Crippen LogP contribution in [0.4, 0.5) is 0 Å². The second kappa shape index (κ2) is 6.92. The van der Waals surface area contributed by atoms with Crippen LogP contribution >= 0.6 is 0 Å². The number of rotatable bonds is 3. The van der Waals surface area contributed by atoms with E-state index in [1.54, 1.807) is 0 Å². The Labute approximate surface area is 153 Å². The number of fused-ring (bicyclic) bond motifs is 1. The van der Waals surface area contributed by atoms with Gasteiger partial charge in [-0.1, -0.05) is 12.1 Å². The van der Waals surface area contributed by atoms with Crippen molar-refractivity contribution >= 4 is 16.9 Å². The maximum atomic E-state index is 12.8. The average molecular weight is 348 g/mol. The summed E-state index contributed by atoms with van der Waals surface area (Å²) in [6, 6.07) is 16.2. The van der Waals surface area contributed by atoms with Gasteiger partial charge in [0, 0.05) is 30.9 Å².